The van der Waals surface area contributed by atoms with Gasteiger partial charge in [0.2, 0.25) is 0 Å². The minimum atomic E-state index is 1.21. The van der Waals surface area contributed by atoms with Gasteiger partial charge in [-0.25, -0.2) is 0 Å². The zero-order chi connectivity index (χ0) is 10.5. The Labute approximate surface area is 94.5 Å². The molecular weight excluding hydrogens is 192 g/mol. The van der Waals surface area contributed by atoms with Crippen LogP contribution in [0.2, 0.25) is 0 Å². The molecule has 3 aromatic rings. The third-order valence-electron chi connectivity index (χ3n) is 3.73. The topological polar surface area (TPSA) is 0 Å². The van der Waals surface area contributed by atoms with Gasteiger partial charge in [-0.3, -0.25) is 0 Å². The molecule has 16 heavy (non-hydrogen) atoms. The Morgan fingerprint density at radius 2 is 1.62 bits per heavy atom. The zero-order valence-corrected chi connectivity index (χ0v) is 9.03. The maximum Gasteiger partial charge on any atom is -0.0113 e. The molecule has 0 unspecified atom stereocenters. The van der Waals surface area contributed by atoms with Gasteiger partial charge in [-0.05, 0) is 51.6 Å². The van der Waals surface area contributed by atoms with Crippen molar-refractivity contribution >= 4 is 21.5 Å². The molecule has 3 aromatic carbocycles. The molecule has 0 aliphatic heterocycles. The predicted octanol–water partition coefficient (Wildman–Crippen LogP) is 4.09. The number of aryl methyl sites for hydroxylation is 2. The lowest BCUT2D eigenvalue weighted by Crippen LogP contribution is -1.83. The molecule has 0 heterocycles. The maximum absolute atomic E-state index is 2.32. The highest BCUT2D eigenvalue weighted by Gasteiger charge is 2.16. The van der Waals surface area contributed by atoms with Crippen LogP contribution in [0.1, 0.15) is 11.1 Å². The molecule has 0 heteroatoms. The van der Waals surface area contributed by atoms with Crippen LogP contribution in [-0.2, 0) is 12.8 Å². The Bertz CT molecular complexity index is 708. The summed E-state index contributed by atoms with van der Waals surface area (Å²) in [5.41, 5.74) is 3.09. The predicted molar refractivity (Wildman–Crippen MR) is 68.9 cm³/mol. The number of rotatable bonds is 0. The van der Waals surface area contributed by atoms with Crippen molar-refractivity contribution in [1.29, 1.82) is 0 Å². The molecule has 1 aliphatic rings. The van der Waals surface area contributed by atoms with Gasteiger partial charge in [-0.15, -0.1) is 0 Å². The van der Waals surface area contributed by atoms with Gasteiger partial charge in [-0.1, -0.05) is 42.5 Å². The molecule has 4 rings (SSSR count). The highest BCUT2D eigenvalue weighted by Crippen LogP contribution is 2.36. The van der Waals surface area contributed by atoms with Crippen LogP contribution in [0.3, 0.4) is 0 Å². The van der Waals surface area contributed by atoms with Gasteiger partial charge in [0.05, 0.1) is 0 Å². The molecule has 1 aliphatic carbocycles. The lowest BCUT2D eigenvalue weighted by molar-refractivity contribution is 1.03. The molecule has 76 valence electrons. The second-order valence-corrected chi connectivity index (χ2v) is 4.59. The van der Waals surface area contributed by atoms with Crippen LogP contribution in [0.5, 0.6) is 0 Å². The van der Waals surface area contributed by atoms with Crippen molar-refractivity contribution in [3.63, 3.8) is 0 Å². The van der Waals surface area contributed by atoms with Crippen molar-refractivity contribution in [1.82, 2.24) is 0 Å². The molecule has 0 radical (unpaired) electrons. The second-order valence-electron chi connectivity index (χ2n) is 4.59. The summed E-state index contributed by atoms with van der Waals surface area (Å²) < 4.78 is 0. The van der Waals surface area contributed by atoms with E-state index in [1.807, 2.05) is 0 Å². The summed E-state index contributed by atoms with van der Waals surface area (Å²) in [7, 11) is 0. The molecule has 0 spiro atoms. The fourth-order valence-electron chi connectivity index (χ4n) is 3.04. The van der Waals surface area contributed by atoms with Crippen LogP contribution in [0.4, 0.5) is 0 Å². The Morgan fingerprint density at radius 3 is 2.62 bits per heavy atom. The first-order valence-corrected chi connectivity index (χ1v) is 5.86. The highest BCUT2D eigenvalue weighted by atomic mass is 14.2. The van der Waals surface area contributed by atoms with Crippen molar-refractivity contribution in [3.05, 3.63) is 59.7 Å². The maximum atomic E-state index is 2.32. The van der Waals surface area contributed by atoms with Gasteiger partial charge in [-0.2, -0.15) is 0 Å². The summed E-state index contributed by atoms with van der Waals surface area (Å²) in [6, 6.07) is 17.8. The zero-order valence-electron chi connectivity index (χ0n) is 9.03. The van der Waals surface area contributed by atoms with Crippen LogP contribution in [-0.4, -0.2) is 0 Å². The minimum absolute atomic E-state index is 1.21. The minimum Gasteiger partial charge on any atom is -0.0616 e. The van der Waals surface area contributed by atoms with E-state index in [0.717, 1.165) is 0 Å². The molecule has 0 bridgehead atoms. The quantitative estimate of drug-likeness (QED) is 0.484. The van der Waals surface area contributed by atoms with Crippen molar-refractivity contribution in [2.24, 2.45) is 0 Å². The smallest absolute Gasteiger partial charge is 0.0113 e. The van der Waals surface area contributed by atoms with Gasteiger partial charge in [0.1, 0.15) is 0 Å². The second kappa shape index (κ2) is 2.85. The molecule has 0 saturated carbocycles. The normalized spacial score (nSPS) is 13.8. The number of fused-ring (bicyclic) bond motifs is 2. The summed E-state index contributed by atoms with van der Waals surface area (Å²) in [4.78, 5) is 0. The number of hydrogen-bond acceptors (Lipinski definition) is 0. The molecule has 0 nitrogen and oxygen atoms in total. The summed E-state index contributed by atoms with van der Waals surface area (Å²) in [5.74, 6) is 0. The van der Waals surface area contributed by atoms with Gasteiger partial charge in [0.25, 0.3) is 0 Å². The van der Waals surface area contributed by atoms with Crippen molar-refractivity contribution in [2.75, 3.05) is 0 Å². The van der Waals surface area contributed by atoms with E-state index in [0.29, 0.717) is 0 Å². The van der Waals surface area contributed by atoms with E-state index in [-0.39, 0.29) is 0 Å². The SMILES string of the molecule is c1ccc2c3c4c(cccc4cc2c1)CC3. The summed E-state index contributed by atoms with van der Waals surface area (Å²) in [6.45, 7) is 0. The average Bonchev–Trinajstić information content (AvgIpc) is 2.76. The van der Waals surface area contributed by atoms with Crippen LogP contribution >= 0.6 is 0 Å². The molecule has 0 amide bonds. The van der Waals surface area contributed by atoms with E-state index < -0.39 is 0 Å². The molecule has 0 atom stereocenters. The number of hydrogen-bond donors (Lipinski definition) is 0. The fourth-order valence-corrected chi connectivity index (χ4v) is 3.04. The van der Waals surface area contributed by atoms with Gasteiger partial charge >= 0.3 is 0 Å². The van der Waals surface area contributed by atoms with Gasteiger partial charge in [0, 0.05) is 0 Å². The lowest BCUT2D eigenvalue weighted by atomic mass is 9.98. The standard InChI is InChI=1S/C16H12/c1-2-7-14-12(4-1)10-13-6-3-5-11-8-9-15(14)16(11)13/h1-7,10H,8-9H2. The van der Waals surface area contributed by atoms with E-state index in [1.54, 1.807) is 5.56 Å². The van der Waals surface area contributed by atoms with E-state index in [1.165, 1.54) is 39.9 Å². The van der Waals surface area contributed by atoms with E-state index in [9.17, 15) is 0 Å². The largest absolute Gasteiger partial charge is 0.0616 e. The van der Waals surface area contributed by atoms with E-state index >= 15 is 0 Å². The molecule has 0 fully saturated rings. The molecule has 0 aromatic heterocycles. The molecular formula is C16H12. The first kappa shape index (κ1) is 8.35. The Kier molecular flexibility index (Phi) is 1.49. The van der Waals surface area contributed by atoms with Crippen molar-refractivity contribution in [3.8, 4) is 0 Å². The Hall–Kier alpha value is -1.82. The van der Waals surface area contributed by atoms with E-state index in [2.05, 4.69) is 48.5 Å². The lowest BCUT2D eigenvalue weighted by Gasteiger charge is -2.06. The van der Waals surface area contributed by atoms with Crippen molar-refractivity contribution < 1.29 is 0 Å². The monoisotopic (exact) mass is 204 g/mol. The van der Waals surface area contributed by atoms with Crippen LogP contribution in [0, 0.1) is 0 Å². The van der Waals surface area contributed by atoms with Crippen LogP contribution in [0.15, 0.2) is 48.5 Å². The van der Waals surface area contributed by atoms with Crippen molar-refractivity contribution in [2.45, 2.75) is 12.8 Å². The summed E-state index contributed by atoms with van der Waals surface area (Å²) in [5, 5.41) is 5.74. The molecule has 0 N–H and O–H groups in total. The third-order valence-corrected chi connectivity index (χ3v) is 3.73. The first-order chi connectivity index (χ1) is 7.93. The highest BCUT2D eigenvalue weighted by molar-refractivity contribution is 6.04. The Morgan fingerprint density at radius 1 is 0.750 bits per heavy atom. The summed E-state index contributed by atoms with van der Waals surface area (Å²) in [6.07, 6.45) is 2.41. The first-order valence-electron chi connectivity index (χ1n) is 5.86. The third kappa shape index (κ3) is 0.943. The van der Waals surface area contributed by atoms with Gasteiger partial charge in [0.15, 0.2) is 0 Å². The van der Waals surface area contributed by atoms with Gasteiger partial charge < -0.3 is 0 Å². The fraction of sp³-hybridized carbons (Fsp3) is 0.125. The number of benzene rings is 3. The average molecular weight is 204 g/mol. The molecule has 0 saturated heterocycles. The van der Waals surface area contributed by atoms with Crippen LogP contribution in [0.25, 0.3) is 21.5 Å². The van der Waals surface area contributed by atoms with Crippen LogP contribution < -0.4 is 0 Å². The summed E-state index contributed by atoms with van der Waals surface area (Å²) >= 11 is 0. The van der Waals surface area contributed by atoms with E-state index in [4.69, 9.17) is 0 Å². The Balaban J connectivity index is 2.34.